The standard InChI is InChI=1S/C18H13N3O2S/c1-11-20-14-9-13(7-8-16(14)24-11)21-17(22)18-19-10-15(23-18)12-5-3-2-4-6-12/h2-10H,1H3,(H,21,22). The van der Waals surface area contributed by atoms with Gasteiger partial charge in [-0.25, -0.2) is 9.97 Å². The molecule has 6 heteroatoms. The lowest BCUT2D eigenvalue weighted by atomic mass is 10.2. The quantitative estimate of drug-likeness (QED) is 0.598. The van der Waals surface area contributed by atoms with Crippen molar-refractivity contribution in [2.24, 2.45) is 0 Å². The molecule has 0 aliphatic rings. The van der Waals surface area contributed by atoms with E-state index in [1.54, 1.807) is 17.5 Å². The second kappa shape index (κ2) is 5.90. The summed E-state index contributed by atoms with van der Waals surface area (Å²) < 4.78 is 6.65. The van der Waals surface area contributed by atoms with Gasteiger partial charge in [0.15, 0.2) is 5.76 Å². The number of nitrogens with zero attached hydrogens (tertiary/aromatic N) is 2. The zero-order valence-corrected chi connectivity index (χ0v) is 13.6. The van der Waals surface area contributed by atoms with E-state index in [9.17, 15) is 4.79 Å². The monoisotopic (exact) mass is 335 g/mol. The predicted octanol–water partition coefficient (Wildman–Crippen LogP) is 4.51. The average molecular weight is 335 g/mol. The molecule has 2 aromatic heterocycles. The van der Waals surface area contributed by atoms with Crippen LogP contribution in [0.4, 0.5) is 5.69 Å². The highest BCUT2D eigenvalue weighted by Crippen LogP contribution is 2.25. The molecule has 0 atom stereocenters. The number of hydrogen-bond acceptors (Lipinski definition) is 5. The van der Waals surface area contributed by atoms with Crippen LogP contribution in [0.2, 0.25) is 0 Å². The molecule has 24 heavy (non-hydrogen) atoms. The van der Waals surface area contributed by atoms with E-state index in [1.165, 1.54) is 0 Å². The predicted molar refractivity (Wildman–Crippen MR) is 94.2 cm³/mol. The smallest absolute Gasteiger partial charge is 0.311 e. The largest absolute Gasteiger partial charge is 0.432 e. The lowest BCUT2D eigenvalue weighted by Gasteiger charge is -2.02. The molecule has 0 aliphatic heterocycles. The van der Waals surface area contributed by atoms with Crippen molar-refractivity contribution in [2.75, 3.05) is 5.32 Å². The number of anilines is 1. The molecule has 1 amide bonds. The number of amides is 1. The number of thiazole rings is 1. The van der Waals surface area contributed by atoms with E-state index in [4.69, 9.17) is 4.42 Å². The van der Waals surface area contributed by atoms with Crippen LogP contribution in [0, 0.1) is 6.92 Å². The summed E-state index contributed by atoms with van der Waals surface area (Å²) in [5.74, 6) is 0.207. The molecule has 0 radical (unpaired) electrons. The third kappa shape index (κ3) is 2.79. The first-order chi connectivity index (χ1) is 11.7. The minimum atomic E-state index is -0.386. The van der Waals surface area contributed by atoms with Gasteiger partial charge >= 0.3 is 5.91 Å². The first-order valence-electron chi connectivity index (χ1n) is 7.39. The number of fused-ring (bicyclic) bond motifs is 1. The van der Waals surface area contributed by atoms with Crippen molar-refractivity contribution in [1.82, 2.24) is 9.97 Å². The van der Waals surface area contributed by atoms with E-state index in [2.05, 4.69) is 15.3 Å². The van der Waals surface area contributed by atoms with Crippen LogP contribution in [-0.2, 0) is 0 Å². The van der Waals surface area contributed by atoms with E-state index < -0.39 is 0 Å². The first-order valence-corrected chi connectivity index (χ1v) is 8.20. The van der Waals surface area contributed by atoms with E-state index in [1.807, 2.05) is 55.5 Å². The normalized spacial score (nSPS) is 10.9. The Morgan fingerprint density at radius 2 is 2.00 bits per heavy atom. The van der Waals surface area contributed by atoms with Crippen LogP contribution in [0.1, 0.15) is 15.7 Å². The highest BCUT2D eigenvalue weighted by Gasteiger charge is 2.15. The zero-order valence-electron chi connectivity index (χ0n) is 12.8. The number of hydrogen-bond donors (Lipinski definition) is 1. The topological polar surface area (TPSA) is 68.0 Å². The molecule has 5 nitrogen and oxygen atoms in total. The van der Waals surface area contributed by atoms with Gasteiger partial charge in [-0.3, -0.25) is 4.79 Å². The van der Waals surface area contributed by atoms with Crippen molar-refractivity contribution in [3.63, 3.8) is 0 Å². The summed E-state index contributed by atoms with van der Waals surface area (Å²) in [5.41, 5.74) is 2.41. The molecular weight excluding hydrogens is 322 g/mol. The Morgan fingerprint density at radius 1 is 1.17 bits per heavy atom. The summed E-state index contributed by atoms with van der Waals surface area (Å²) in [4.78, 5) is 20.8. The van der Waals surface area contributed by atoms with Crippen LogP contribution >= 0.6 is 11.3 Å². The highest BCUT2D eigenvalue weighted by molar-refractivity contribution is 7.18. The fraction of sp³-hybridized carbons (Fsp3) is 0.0556. The SMILES string of the molecule is Cc1nc2cc(NC(=O)c3ncc(-c4ccccc4)o3)ccc2s1. The van der Waals surface area contributed by atoms with Crippen molar-refractivity contribution < 1.29 is 9.21 Å². The van der Waals surface area contributed by atoms with E-state index in [0.29, 0.717) is 11.4 Å². The molecule has 0 unspecified atom stereocenters. The molecule has 4 rings (SSSR count). The fourth-order valence-corrected chi connectivity index (χ4v) is 3.23. The van der Waals surface area contributed by atoms with Gasteiger partial charge in [-0.05, 0) is 25.1 Å². The van der Waals surface area contributed by atoms with Crippen LogP contribution < -0.4 is 5.32 Å². The summed E-state index contributed by atoms with van der Waals surface area (Å²) in [7, 11) is 0. The summed E-state index contributed by atoms with van der Waals surface area (Å²) >= 11 is 1.62. The average Bonchev–Trinajstić information content (AvgIpc) is 3.21. The van der Waals surface area contributed by atoms with Gasteiger partial charge in [0, 0.05) is 11.3 Å². The molecule has 4 aromatic rings. The summed E-state index contributed by atoms with van der Waals surface area (Å²) in [6.45, 7) is 1.96. The van der Waals surface area contributed by atoms with Gasteiger partial charge in [0.1, 0.15) is 0 Å². The van der Waals surface area contributed by atoms with Crippen molar-refractivity contribution >= 4 is 33.1 Å². The maximum atomic E-state index is 12.3. The van der Waals surface area contributed by atoms with Crippen molar-refractivity contribution in [1.29, 1.82) is 0 Å². The van der Waals surface area contributed by atoms with E-state index in [-0.39, 0.29) is 11.8 Å². The highest BCUT2D eigenvalue weighted by atomic mass is 32.1. The van der Waals surface area contributed by atoms with Gasteiger partial charge in [0.05, 0.1) is 21.4 Å². The number of aromatic nitrogens is 2. The number of carbonyl (C=O) groups excluding carboxylic acids is 1. The Bertz CT molecular complexity index is 1020. The van der Waals surface area contributed by atoms with Crippen molar-refractivity contribution in [3.8, 4) is 11.3 Å². The molecule has 0 saturated carbocycles. The molecule has 118 valence electrons. The van der Waals surface area contributed by atoms with Crippen LogP contribution in [0.25, 0.3) is 21.5 Å². The second-order valence-electron chi connectivity index (χ2n) is 5.27. The van der Waals surface area contributed by atoms with Gasteiger partial charge in [-0.15, -0.1) is 11.3 Å². The fourth-order valence-electron chi connectivity index (χ4n) is 2.42. The van der Waals surface area contributed by atoms with Gasteiger partial charge in [-0.2, -0.15) is 0 Å². The number of carbonyl (C=O) groups is 1. The number of benzene rings is 2. The second-order valence-corrected chi connectivity index (χ2v) is 6.50. The summed E-state index contributed by atoms with van der Waals surface area (Å²) in [6.07, 6.45) is 1.55. The molecule has 2 heterocycles. The molecular formula is C18H13N3O2S. The Kier molecular flexibility index (Phi) is 3.59. The third-order valence-electron chi connectivity index (χ3n) is 3.51. The molecule has 0 fully saturated rings. The Labute approximate surface area is 142 Å². The zero-order chi connectivity index (χ0) is 16.5. The van der Waals surface area contributed by atoms with E-state index in [0.717, 1.165) is 20.8 Å². The van der Waals surface area contributed by atoms with Gasteiger partial charge in [-0.1, -0.05) is 30.3 Å². The number of oxazole rings is 1. The molecule has 2 aromatic carbocycles. The van der Waals surface area contributed by atoms with E-state index >= 15 is 0 Å². The first kappa shape index (κ1) is 14.6. The Morgan fingerprint density at radius 3 is 2.83 bits per heavy atom. The summed E-state index contributed by atoms with van der Waals surface area (Å²) in [5, 5.41) is 3.79. The molecule has 0 saturated heterocycles. The Balaban J connectivity index is 1.56. The maximum Gasteiger partial charge on any atom is 0.311 e. The Hall–Kier alpha value is -2.99. The van der Waals surface area contributed by atoms with Gasteiger partial charge in [0.2, 0.25) is 0 Å². The van der Waals surface area contributed by atoms with Crippen LogP contribution in [0.15, 0.2) is 59.1 Å². The van der Waals surface area contributed by atoms with Crippen molar-refractivity contribution in [3.05, 3.63) is 65.6 Å². The molecule has 0 aliphatic carbocycles. The minimum Gasteiger partial charge on any atom is -0.432 e. The van der Waals surface area contributed by atoms with Gasteiger partial charge < -0.3 is 9.73 Å². The van der Waals surface area contributed by atoms with Crippen LogP contribution in [-0.4, -0.2) is 15.9 Å². The molecule has 1 N–H and O–H groups in total. The van der Waals surface area contributed by atoms with Gasteiger partial charge in [0.25, 0.3) is 5.89 Å². The molecule has 0 bridgehead atoms. The molecule has 0 spiro atoms. The number of nitrogens with one attached hydrogen (secondary N) is 1. The number of aryl methyl sites for hydroxylation is 1. The summed E-state index contributed by atoms with van der Waals surface area (Å²) in [6, 6.07) is 15.2. The maximum absolute atomic E-state index is 12.3. The van der Waals surface area contributed by atoms with Crippen LogP contribution in [0.3, 0.4) is 0 Å². The van der Waals surface area contributed by atoms with Crippen molar-refractivity contribution in [2.45, 2.75) is 6.92 Å². The minimum absolute atomic E-state index is 0.0309. The number of rotatable bonds is 3. The third-order valence-corrected chi connectivity index (χ3v) is 4.46. The van der Waals surface area contributed by atoms with Crippen LogP contribution in [0.5, 0.6) is 0 Å². The lowest BCUT2D eigenvalue weighted by molar-refractivity contribution is 0.0991. The lowest BCUT2D eigenvalue weighted by Crippen LogP contribution is -2.11.